The van der Waals surface area contributed by atoms with Crippen LogP contribution >= 0.6 is 0 Å². The third-order valence-corrected chi connectivity index (χ3v) is 6.28. The summed E-state index contributed by atoms with van der Waals surface area (Å²) in [5.74, 6) is 0. The van der Waals surface area contributed by atoms with E-state index in [-0.39, 0.29) is 6.10 Å². The van der Waals surface area contributed by atoms with Crippen LogP contribution in [0.3, 0.4) is 0 Å². The third kappa shape index (κ3) is 12.1. The van der Waals surface area contributed by atoms with Crippen molar-refractivity contribution in [2.75, 3.05) is 6.61 Å². The molecule has 126 valence electrons. The van der Waals surface area contributed by atoms with Gasteiger partial charge in [-0.2, -0.15) is 0 Å². The first-order valence-electron chi connectivity index (χ1n) is 9.03. The molecule has 21 heavy (non-hydrogen) atoms. The maximum absolute atomic E-state index is 6.10. The van der Waals surface area contributed by atoms with Gasteiger partial charge in [-0.25, -0.2) is 0 Å². The molecule has 2 unspecified atom stereocenters. The summed E-state index contributed by atoms with van der Waals surface area (Å²) >= 11 is 0. The Morgan fingerprint density at radius 3 is 2.05 bits per heavy atom. The molecule has 0 radical (unpaired) electrons. The van der Waals surface area contributed by atoms with Gasteiger partial charge in [-0.3, -0.25) is 0 Å². The molecule has 0 spiro atoms. The molecule has 0 bridgehead atoms. The van der Waals surface area contributed by atoms with E-state index >= 15 is 0 Å². The predicted molar refractivity (Wildman–Crippen MR) is 95.8 cm³/mol. The highest BCUT2D eigenvalue weighted by atomic mass is 28.4. The molecule has 0 rings (SSSR count). The summed E-state index contributed by atoms with van der Waals surface area (Å²) in [6, 6.07) is 0. The van der Waals surface area contributed by atoms with Crippen LogP contribution in [0.1, 0.15) is 85.0 Å². The van der Waals surface area contributed by atoms with Crippen molar-refractivity contribution in [1.29, 1.82) is 0 Å². The molecule has 0 saturated heterocycles. The van der Waals surface area contributed by atoms with E-state index in [0.717, 1.165) is 25.9 Å². The predicted octanol–water partition coefficient (Wildman–Crippen LogP) is 6.15. The molecule has 0 aliphatic rings. The first-order chi connectivity index (χ1) is 10.1. The van der Waals surface area contributed by atoms with E-state index in [1.165, 1.54) is 44.9 Å². The van der Waals surface area contributed by atoms with Crippen LogP contribution in [-0.2, 0) is 8.85 Å². The molecule has 0 heterocycles. The number of rotatable bonds is 15. The molecule has 3 heteroatoms. The van der Waals surface area contributed by atoms with Gasteiger partial charge in [0.15, 0.2) is 0 Å². The highest BCUT2D eigenvalue weighted by Crippen LogP contribution is 2.16. The summed E-state index contributed by atoms with van der Waals surface area (Å²) in [6.07, 6.45) is 13.2. The first kappa shape index (κ1) is 20.9. The molecule has 0 aliphatic heterocycles. The second-order valence-electron chi connectivity index (χ2n) is 6.26. The van der Waals surface area contributed by atoms with Gasteiger partial charge in [-0.05, 0) is 32.0 Å². The Balaban J connectivity index is 3.64. The maximum Gasteiger partial charge on any atom is 0.361 e. The van der Waals surface area contributed by atoms with Crippen molar-refractivity contribution in [3.63, 3.8) is 0 Å². The standard InChI is InChI=1S/C18H38O2Si/c1-6-9-10-11-12-13-14-15-17-19-21(5,8-3)20-18(4)16-7-2/h8,18H,3,6-7,9-17H2,1-2,4-5H3. The fourth-order valence-corrected chi connectivity index (χ4v) is 4.27. The van der Waals surface area contributed by atoms with E-state index in [0.29, 0.717) is 0 Å². The second-order valence-corrected chi connectivity index (χ2v) is 9.23. The molecular weight excluding hydrogens is 276 g/mol. The molecule has 0 aromatic rings. The zero-order valence-electron chi connectivity index (χ0n) is 15.0. The first-order valence-corrected chi connectivity index (χ1v) is 11.4. The Hall–Kier alpha value is -0.123. The molecule has 0 fully saturated rings. The minimum atomic E-state index is -2.15. The third-order valence-electron chi connectivity index (χ3n) is 3.89. The smallest absolute Gasteiger partial charge is 0.361 e. The fourth-order valence-electron chi connectivity index (χ4n) is 2.52. The average Bonchev–Trinajstić information content (AvgIpc) is 2.45. The Bertz CT molecular complexity index is 245. The van der Waals surface area contributed by atoms with Crippen LogP contribution < -0.4 is 0 Å². The second kappa shape index (κ2) is 13.5. The van der Waals surface area contributed by atoms with Gasteiger partial charge in [0.2, 0.25) is 0 Å². The van der Waals surface area contributed by atoms with Crippen molar-refractivity contribution >= 4 is 8.56 Å². The van der Waals surface area contributed by atoms with E-state index in [2.05, 4.69) is 33.9 Å². The molecule has 0 amide bonds. The topological polar surface area (TPSA) is 18.5 Å². The van der Waals surface area contributed by atoms with Gasteiger partial charge >= 0.3 is 8.56 Å². The highest BCUT2D eigenvalue weighted by Gasteiger charge is 2.29. The summed E-state index contributed by atoms with van der Waals surface area (Å²) in [7, 11) is -2.15. The molecule has 2 atom stereocenters. The Morgan fingerprint density at radius 2 is 1.52 bits per heavy atom. The van der Waals surface area contributed by atoms with E-state index in [4.69, 9.17) is 8.85 Å². The Labute approximate surface area is 134 Å². The van der Waals surface area contributed by atoms with Crippen LogP contribution in [0, 0.1) is 0 Å². The Kier molecular flexibility index (Phi) is 13.5. The van der Waals surface area contributed by atoms with Crippen LogP contribution in [-0.4, -0.2) is 21.3 Å². The van der Waals surface area contributed by atoms with E-state index in [1.54, 1.807) is 0 Å². The maximum atomic E-state index is 6.10. The van der Waals surface area contributed by atoms with E-state index in [9.17, 15) is 0 Å². The van der Waals surface area contributed by atoms with Gasteiger partial charge in [0.25, 0.3) is 0 Å². The monoisotopic (exact) mass is 314 g/mol. The summed E-state index contributed by atoms with van der Waals surface area (Å²) < 4.78 is 12.1. The largest absolute Gasteiger partial charge is 0.391 e. The normalized spacial score (nSPS) is 15.6. The van der Waals surface area contributed by atoms with Crippen LogP contribution in [0.25, 0.3) is 0 Å². The Morgan fingerprint density at radius 1 is 0.952 bits per heavy atom. The van der Waals surface area contributed by atoms with Gasteiger partial charge in [0, 0.05) is 12.7 Å². The van der Waals surface area contributed by atoms with Crippen LogP contribution in [0.5, 0.6) is 0 Å². The molecule has 0 aromatic carbocycles. The molecule has 2 nitrogen and oxygen atoms in total. The summed E-state index contributed by atoms with van der Waals surface area (Å²) in [6.45, 7) is 13.4. The lowest BCUT2D eigenvalue weighted by atomic mass is 10.1. The van der Waals surface area contributed by atoms with Gasteiger partial charge in [-0.15, -0.1) is 6.58 Å². The van der Waals surface area contributed by atoms with Crippen LogP contribution in [0.4, 0.5) is 0 Å². The van der Waals surface area contributed by atoms with Crippen molar-refractivity contribution < 1.29 is 8.85 Å². The molecule has 0 aliphatic carbocycles. The molecule has 0 aromatic heterocycles. The minimum absolute atomic E-state index is 0.281. The zero-order chi connectivity index (χ0) is 16.0. The number of hydrogen-bond acceptors (Lipinski definition) is 2. The molecule has 0 saturated carbocycles. The summed E-state index contributed by atoms with van der Waals surface area (Å²) in [5, 5.41) is 0. The van der Waals surface area contributed by atoms with Gasteiger partial charge in [0.05, 0.1) is 0 Å². The molecule has 0 N–H and O–H groups in total. The van der Waals surface area contributed by atoms with Crippen molar-refractivity contribution in [2.45, 2.75) is 97.6 Å². The van der Waals surface area contributed by atoms with Gasteiger partial charge in [0.1, 0.15) is 0 Å². The van der Waals surface area contributed by atoms with E-state index in [1.807, 2.05) is 5.70 Å². The fraction of sp³-hybridized carbons (Fsp3) is 0.889. The van der Waals surface area contributed by atoms with Crippen molar-refractivity contribution in [3.8, 4) is 0 Å². The lowest BCUT2D eigenvalue weighted by molar-refractivity contribution is 0.127. The van der Waals surface area contributed by atoms with Crippen LogP contribution in [0.15, 0.2) is 12.3 Å². The number of hydrogen-bond donors (Lipinski definition) is 0. The van der Waals surface area contributed by atoms with Crippen molar-refractivity contribution in [3.05, 3.63) is 12.3 Å². The van der Waals surface area contributed by atoms with Crippen molar-refractivity contribution in [2.24, 2.45) is 0 Å². The van der Waals surface area contributed by atoms with Crippen LogP contribution in [0.2, 0.25) is 6.55 Å². The van der Waals surface area contributed by atoms with E-state index < -0.39 is 8.56 Å². The minimum Gasteiger partial charge on any atom is -0.391 e. The van der Waals surface area contributed by atoms with Crippen molar-refractivity contribution in [1.82, 2.24) is 0 Å². The zero-order valence-corrected chi connectivity index (χ0v) is 16.0. The lowest BCUT2D eigenvalue weighted by Gasteiger charge is -2.27. The van der Waals surface area contributed by atoms with Gasteiger partial charge in [-0.1, -0.05) is 65.2 Å². The summed E-state index contributed by atoms with van der Waals surface area (Å²) in [5.41, 5.74) is 1.92. The lowest BCUT2D eigenvalue weighted by Crippen LogP contribution is -2.40. The van der Waals surface area contributed by atoms with Gasteiger partial charge < -0.3 is 8.85 Å². The SMILES string of the molecule is C=C[Si](C)(OCCCCCCCCCC)OC(C)CCC. The quantitative estimate of drug-likeness (QED) is 0.267. The summed E-state index contributed by atoms with van der Waals surface area (Å²) in [4.78, 5) is 0. The number of unbranched alkanes of at least 4 members (excludes halogenated alkanes) is 7. The average molecular weight is 315 g/mol. The molecular formula is C18H38O2Si. The highest BCUT2D eigenvalue weighted by molar-refractivity contribution is 6.71.